The van der Waals surface area contributed by atoms with Gasteiger partial charge in [0.25, 0.3) is 0 Å². The zero-order chi connectivity index (χ0) is 40.8. The van der Waals surface area contributed by atoms with Crippen LogP contribution in [0.4, 0.5) is 0 Å². The van der Waals surface area contributed by atoms with Gasteiger partial charge in [-0.15, -0.1) is 0 Å². The number of ether oxygens (including phenoxy) is 3. The van der Waals surface area contributed by atoms with Gasteiger partial charge in [-0.1, -0.05) is 171 Å². The zero-order valence-corrected chi connectivity index (χ0v) is 36.4. The summed E-state index contributed by atoms with van der Waals surface area (Å²) >= 11 is 0. The van der Waals surface area contributed by atoms with Crippen molar-refractivity contribution in [2.45, 2.75) is 213 Å². The van der Waals surface area contributed by atoms with Crippen LogP contribution in [0.2, 0.25) is 0 Å². The first kappa shape index (κ1) is 52.9. The van der Waals surface area contributed by atoms with E-state index in [-0.39, 0.29) is 31.1 Å². The SMILES string of the molecule is CC/C=C\C/C=C\CCCCC(=O)OCC(COC(=O)CCCCCCC\C=C/C=C\C=C/CCCCCCC)OC(=O)CCCCCCC/C=C\CCCC. The van der Waals surface area contributed by atoms with E-state index < -0.39 is 6.10 Å². The van der Waals surface area contributed by atoms with Gasteiger partial charge in [0.1, 0.15) is 13.2 Å². The van der Waals surface area contributed by atoms with Gasteiger partial charge in [0.15, 0.2) is 6.10 Å². The molecule has 0 aromatic carbocycles. The summed E-state index contributed by atoms with van der Waals surface area (Å²) in [6.07, 6.45) is 54.7. The summed E-state index contributed by atoms with van der Waals surface area (Å²) in [5.74, 6) is -0.973. The van der Waals surface area contributed by atoms with Gasteiger partial charge in [0, 0.05) is 19.3 Å². The van der Waals surface area contributed by atoms with Gasteiger partial charge in [0.05, 0.1) is 0 Å². The van der Waals surface area contributed by atoms with Gasteiger partial charge in [-0.3, -0.25) is 14.4 Å². The molecular weight excluding hydrogens is 697 g/mol. The van der Waals surface area contributed by atoms with Crippen molar-refractivity contribution >= 4 is 17.9 Å². The van der Waals surface area contributed by atoms with Crippen molar-refractivity contribution in [2.75, 3.05) is 13.2 Å². The molecule has 1 atom stereocenters. The fourth-order valence-corrected chi connectivity index (χ4v) is 5.99. The number of carbonyl (C=O) groups is 3. The lowest BCUT2D eigenvalue weighted by Gasteiger charge is -2.18. The third-order valence-corrected chi connectivity index (χ3v) is 9.48. The Kier molecular flexibility index (Phi) is 42.1. The molecule has 0 aliphatic heterocycles. The molecule has 6 nitrogen and oxygen atoms in total. The molecule has 0 aromatic rings. The van der Waals surface area contributed by atoms with Crippen LogP contribution >= 0.6 is 0 Å². The Morgan fingerprint density at radius 1 is 0.393 bits per heavy atom. The first-order valence-corrected chi connectivity index (χ1v) is 23.0. The van der Waals surface area contributed by atoms with Gasteiger partial charge in [0.2, 0.25) is 0 Å². The Morgan fingerprint density at radius 3 is 1.32 bits per heavy atom. The number of esters is 3. The van der Waals surface area contributed by atoms with E-state index in [2.05, 4.69) is 93.7 Å². The molecule has 0 heterocycles. The predicted octanol–water partition coefficient (Wildman–Crippen LogP) is 14.7. The van der Waals surface area contributed by atoms with Gasteiger partial charge in [-0.25, -0.2) is 0 Å². The summed E-state index contributed by atoms with van der Waals surface area (Å²) in [5.41, 5.74) is 0. The maximum absolute atomic E-state index is 12.7. The molecule has 0 N–H and O–H groups in total. The number of rotatable bonds is 40. The van der Waals surface area contributed by atoms with Crippen molar-refractivity contribution in [3.63, 3.8) is 0 Å². The molecule has 0 aliphatic carbocycles. The number of unbranched alkanes of at least 4 members (excludes halogenated alkanes) is 19. The first-order chi connectivity index (χ1) is 27.5. The highest BCUT2D eigenvalue weighted by molar-refractivity contribution is 5.71. The van der Waals surface area contributed by atoms with E-state index in [0.29, 0.717) is 19.3 Å². The molecule has 0 saturated carbocycles. The smallest absolute Gasteiger partial charge is 0.306 e. The van der Waals surface area contributed by atoms with Crippen molar-refractivity contribution < 1.29 is 28.6 Å². The lowest BCUT2D eigenvalue weighted by molar-refractivity contribution is -0.167. The molecule has 0 rings (SSSR count). The topological polar surface area (TPSA) is 78.9 Å². The summed E-state index contributed by atoms with van der Waals surface area (Å²) in [4.78, 5) is 37.6. The first-order valence-electron chi connectivity index (χ1n) is 23.0. The van der Waals surface area contributed by atoms with E-state index in [1.165, 1.54) is 57.8 Å². The Balaban J connectivity index is 4.40. The van der Waals surface area contributed by atoms with Gasteiger partial charge >= 0.3 is 17.9 Å². The summed E-state index contributed by atoms with van der Waals surface area (Å²) in [5, 5.41) is 0. The summed E-state index contributed by atoms with van der Waals surface area (Å²) in [7, 11) is 0. The number of hydrogen-bond donors (Lipinski definition) is 0. The third-order valence-electron chi connectivity index (χ3n) is 9.48. The number of allylic oxidation sites excluding steroid dienone is 12. The summed E-state index contributed by atoms with van der Waals surface area (Å²) < 4.78 is 16.6. The van der Waals surface area contributed by atoms with Crippen LogP contribution < -0.4 is 0 Å². The van der Waals surface area contributed by atoms with Crippen LogP contribution in [0.15, 0.2) is 72.9 Å². The Bertz CT molecular complexity index is 1080. The average molecular weight is 781 g/mol. The van der Waals surface area contributed by atoms with E-state index in [1.807, 2.05) is 0 Å². The van der Waals surface area contributed by atoms with E-state index in [9.17, 15) is 14.4 Å². The van der Waals surface area contributed by atoms with E-state index >= 15 is 0 Å². The van der Waals surface area contributed by atoms with E-state index in [1.54, 1.807) is 0 Å². The van der Waals surface area contributed by atoms with Crippen LogP contribution in [0.5, 0.6) is 0 Å². The van der Waals surface area contributed by atoms with E-state index in [4.69, 9.17) is 14.2 Å². The lowest BCUT2D eigenvalue weighted by Crippen LogP contribution is -2.30. The molecule has 0 saturated heterocycles. The molecule has 0 radical (unpaired) electrons. The standard InChI is InChI=1S/C50H84O6/c1-4-7-10-13-16-19-21-22-23-24-25-26-27-29-31-34-37-40-43-49(52)55-46-47(45-54-48(51)42-39-36-33-30-18-15-12-9-6-3)56-50(53)44-41-38-35-32-28-20-17-14-11-8-5-2/h9,12,14,17-18,21-26,30,47H,4-8,10-11,13,15-16,19-20,27-29,31-46H2,1-3H3/b12-9-,17-14-,22-21-,24-23-,26-25-,30-18-. The second-order valence-corrected chi connectivity index (χ2v) is 15.0. The molecule has 56 heavy (non-hydrogen) atoms. The number of hydrogen-bond acceptors (Lipinski definition) is 6. The second kappa shape index (κ2) is 44.6. The van der Waals surface area contributed by atoms with Crippen LogP contribution in [-0.2, 0) is 28.6 Å². The van der Waals surface area contributed by atoms with Crippen LogP contribution in [0.1, 0.15) is 207 Å². The predicted molar refractivity (Wildman–Crippen MR) is 238 cm³/mol. The third kappa shape index (κ3) is 42.0. The molecule has 6 heteroatoms. The lowest BCUT2D eigenvalue weighted by atomic mass is 10.1. The van der Waals surface area contributed by atoms with Crippen molar-refractivity contribution in [2.24, 2.45) is 0 Å². The minimum absolute atomic E-state index is 0.101. The van der Waals surface area contributed by atoms with Crippen LogP contribution in [0.3, 0.4) is 0 Å². The van der Waals surface area contributed by atoms with Gasteiger partial charge < -0.3 is 14.2 Å². The maximum atomic E-state index is 12.7. The monoisotopic (exact) mass is 781 g/mol. The van der Waals surface area contributed by atoms with Crippen LogP contribution in [0, 0.1) is 0 Å². The fourth-order valence-electron chi connectivity index (χ4n) is 5.99. The molecule has 0 spiro atoms. The molecule has 0 bridgehead atoms. The number of carbonyl (C=O) groups excluding carboxylic acids is 3. The average Bonchev–Trinajstić information content (AvgIpc) is 3.19. The molecule has 1 unspecified atom stereocenters. The molecule has 320 valence electrons. The molecular formula is C50H84O6. The van der Waals surface area contributed by atoms with Gasteiger partial charge in [-0.05, 0) is 89.9 Å². The highest BCUT2D eigenvalue weighted by atomic mass is 16.6. The molecule has 0 fully saturated rings. The van der Waals surface area contributed by atoms with Gasteiger partial charge in [-0.2, -0.15) is 0 Å². The Labute approximate surface area is 344 Å². The quantitative estimate of drug-likeness (QED) is 0.0203. The second-order valence-electron chi connectivity index (χ2n) is 15.0. The fraction of sp³-hybridized carbons (Fsp3) is 0.700. The van der Waals surface area contributed by atoms with Crippen molar-refractivity contribution in [3.8, 4) is 0 Å². The largest absolute Gasteiger partial charge is 0.462 e. The maximum Gasteiger partial charge on any atom is 0.306 e. The minimum atomic E-state index is -0.798. The van der Waals surface area contributed by atoms with Crippen LogP contribution in [-0.4, -0.2) is 37.2 Å². The molecule has 0 aliphatic rings. The summed E-state index contributed by atoms with van der Waals surface area (Å²) in [6.45, 7) is 6.38. The molecule has 0 amide bonds. The highest BCUT2D eigenvalue weighted by Crippen LogP contribution is 2.12. The van der Waals surface area contributed by atoms with E-state index in [0.717, 1.165) is 109 Å². The van der Waals surface area contributed by atoms with Crippen molar-refractivity contribution in [3.05, 3.63) is 72.9 Å². The summed E-state index contributed by atoms with van der Waals surface area (Å²) in [6, 6.07) is 0. The normalized spacial score (nSPS) is 12.7. The van der Waals surface area contributed by atoms with Crippen molar-refractivity contribution in [1.82, 2.24) is 0 Å². The van der Waals surface area contributed by atoms with Crippen LogP contribution in [0.25, 0.3) is 0 Å². The minimum Gasteiger partial charge on any atom is -0.462 e. The van der Waals surface area contributed by atoms with Crippen molar-refractivity contribution in [1.29, 1.82) is 0 Å². The molecule has 0 aromatic heterocycles. The Morgan fingerprint density at radius 2 is 0.786 bits per heavy atom. The highest BCUT2D eigenvalue weighted by Gasteiger charge is 2.19. The zero-order valence-electron chi connectivity index (χ0n) is 36.4. The Hall–Kier alpha value is -3.15.